The van der Waals surface area contributed by atoms with Crippen LogP contribution in [0.2, 0.25) is 0 Å². The SMILES string of the molecule is CC(C)OCc1ccc(C=NN=C2NC(=O)C(CC(=O)O)S2)cc1. The maximum absolute atomic E-state index is 11.6. The van der Waals surface area contributed by atoms with Gasteiger partial charge < -0.3 is 15.2 Å². The Hall–Kier alpha value is -2.19. The summed E-state index contributed by atoms with van der Waals surface area (Å²) < 4.78 is 5.52. The van der Waals surface area contributed by atoms with Gasteiger partial charge >= 0.3 is 5.97 Å². The summed E-state index contributed by atoms with van der Waals surface area (Å²) in [7, 11) is 0. The van der Waals surface area contributed by atoms with Gasteiger partial charge in [0, 0.05) is 0 Å². The molecule has 1 aliphatic heterocycles. The van der Waals surface area contributed by atoms with E-state index in [9.17, 15) is 9.59 Å². The molecular formula is C16H19N3O4S. The lowest BCUT2D eigenvalue weighted by atomic mass is 10.1. The van der Waals surface area contributed by atoms with E-state index in [-0.39, 0.29) is 18.4 Å². The molecule has 128 valence electrons. The number of carboxylic acid groups (broad SMARTS) is 1. The molecule has 0 spiro atoms. The Morgan fingerprint density at radius 3 is 2.75 bits per heavy atom. The molecular weight excluding hydrogens is 330 g/mol. The fourth-order valence-electron chi connectivity index (χ4n) is 1.86. The maximum atomic E-state index is 11.6. The Morgan fingerprint density at radius 1 is 1.42 bits per heavy atom. The fourth-order valence-corrected chi connectivity index (χ4v) is 2.77. The van der Waals surface area contributed by atoms with Crippen molar-refractivity contribution in [2.24, 2.45) is 10.2 Å². The third-order valence-corrected chi connectivity index (χ3v) is 4.13. The van der Waals surface area contributed by atoms with Crippen LogP contribution >= 0.6 is 11.8 Å². The van der Waals surface area contributed by atoms with E-state index in [4.69, 9.17) is 9.84 Å². The smallest absolute Gasteiger partial charge is 0.305 e. The number of benzene rings is 1. The second kappa shape index (κ2) is 8.60. The number of carbonyl (C=O) groups excluding carboxylic acids is 1. The molecule has 1 saturated heterocycles. The number of amidine groups is 1. The molecule has 0 radical (unpaired) electrons. The first-order chi connectivity index (χ1) is 11.4. The van der Waals surface area contributed by atoms with Gasteiger partial charge in [0.25, 0.3) is 0 Å². The summed E-state index contributed by atoms with van der Waals surface area (Å²) in [6, 6.07) is 7.70. The number of aliphatic carboxylic acids is 1. The summed E-state index contributed by atoms with van der Waals surface area (Å²) in [5.74, 6) is -1.38. The largest absolute Gasteiger partial charge is 0.481 e. The Labute approximate surface area is 144 Å². The highest BCUT2D eigenvalue weighted by atomic mass is 32.2. The predicted molar refractivity (Wildman–Crippen MR) is 93.2 cm³/mol. The predicted octanol–water partition coefficient (Wildman–Crippen LogP) is 2.01. The van der Waals surface area contributed by atoms with E-state index >= 15 is 0 Å². The zero-order valence-corrected chi connectivity index (χ0v) is 14.2. The third-order valence-electron chi connectivity index (χ3n) is 3.05. The van der Waals surface area contributed by atoms with Crippen molar-refractivity contribution in [3.8, 4) is 0 Å². The minimum Gasteiger partial charge on any atom is -0.481 e. The fraction of sp³-hybridized carbons (Fsp3) is 0.375. The summed E-state index contributed by atoms with van der Waals surface area (Å²) in [6.07, 6.45) is 1.52. The van der Waals surface area contributed by atoms with E-state index in [0.29, 0.717) is 11.8 Å². The molecule has 1 aromatic carbocycles. The van der Waals surface area contributed by atoms with Gasteiger partial charge in [-0.1, -0.05) is 36.0 Å². The van der Waals surface area contributed by atoms with Gasteiger partial charge in [-0.3, -0.25) is 9.59 Å². The number of hydrogen-bond donors (Lipinski definition) is 2. The number of carbonyl (C=O) groups is 2. The first-order valence-corrected chi connectivity index (χ1v) is 8.33. The molecule has 1 aromatic rings. The van der Waals surface area contributed by atoms with Crippen molar-refractivity contribution in [3.05, 3.63) is 35.4 Å². The molecule has 0 aliphatic carbocycles. The van der Waals surface area contributed by atoms with E-state index in [1.54, 1.807) is 6.21 Å². The number of nitrogens with zero attached hydrogens (tertiary/aromatic N) is 2. The van der Waals surface area contributed by atoms with Crippen molar-refractivity contribution in [3.63, 3.8) is 0 Å². The standard InChI is InChI=1S/C16H19N3O4S/c1-10(2)23-9-12-5-3-11(4-6-12)8-17-19-16-18-15(22)13(24-16)7-14(20)21/h3-6,8,10,13H,7,9H2,1-2H3,(H,20,21)(H,18,19,22). The van der Waals surface area contributed by atoms with Gasteiger partial charge in [-0.15, -0.1) is 5.10 Å². The lowest BCUT2D eigenvalue weighted by Gasteiger charge is -2.07. The van der Waals surface area contributed by atoms with Crippen LogP contribution in [-0.4, -0.2) is 39.7 Å². The molecule has 1 unspecified atom stereocenters. The molecule has 1 fully saturated rings. The summed E-state index contributed by atoms with van der Waals surface area (Å²) >= 11 is 1.07. The molecule has 1 aliphatic rings. The number of carboxylic acids is 1. The first kappa shape index (κ1) is 18.2. The molecule has 1 amide bonds. The van der Waals surface area contributed by atoms with Crippen LogP contribution in [0.1, 0.15) is 31.4 Å². The lowest BCUT2D eigenvalue weighted by Crippen LogP contribution is -2.26. The number of nitrogens with one attached hydrogen (secondary N) is 1. The molecule has 2 N–H and O–H groups in total. The topological polar surface area (TPSA) is 100 Å². The quantitative estimate of drug-likeness (QED) is 0.579. The number of rotatable bonds is 7. The van der Waals surface area contributed by atoms with Crippen LogP contribution in [0.25, 0.3) is 0 Å². The molecule has 0 aromatic heterocycles. The second-order valence-corrected chi connectivity index (χ2v) is 6.64. The average molecular weight is 349 g/mol. The Morgan fingerprint density at radius 2 is 2.12 bits per heavy atom. The molecule has 0 bridgehead atoms. The summed E-state index contributed by atoms with van der Waals surface area (Å²) in [6.45, 7) is 4.53. The van der Waals surface area contributed by atoms with Gasteiger partial charge in [-0.2, -0.15) is 5.10 Å². The molecule has 8 heteroatoms. The van der Waals surface area contributed by atoms with E-state index in [1.807, 2.05) is 38.1 Å². The Bertz CT molecular complexity index is 656. The van der Waals surface area contributed by atoms with Gasteiger partial charge in [0.1, 0.15) is 5.25 Å². The van der Waals surface area contributed by atoms with Crippen molar-refractivity contribution in [2.45, 2.75) is 38.2 Å². The number of hydrogen-bond acceptors (Lipinski definition) is 6. The number of amides is 1. The van der Waals surface area contributed by atoms with Gasteiger partial charge in [0.15, 0.2) is 5.17 Å². The average Bonchev–Trinajstić information content (AvgIpc) is 2.85. The lowest BCUT2D eigenvalue weighted by molar-refractivity contribution is -0.138. The van der Waals surface area contributed by atoms with E-state index in [0.717, 1.165) is 22.9 Å². The third kappa shape index (κ3) is 5.78. The summed E-state index contributed by atoms with van der Waals surface area (Å²) in [5.41, 5.74) is 1.94. The van der Waals surface area contributed by atoms with Crippen LogP contribution in [0.15, 0.2) is 34.5 Å². The van der Waals surface area contributed by atoms with Crippen molar-refractivity contribution in [1.29, 1.82) is 0 Å². The molecule has 2 rings (SSSR count). The highest BCUT2D eigenvalue weighted by Gasteiger charge is 2.32. The molecule has 7 nitrogen and oxygen atoms in total. The first-order valence-electron chi connectivity index (χ1n) is 7.45. The maximum Gasteiger partial charge on any atom is 0.305 e. The van der Waals surface area contributed by atoms with Gasteiger partial charge in [0.2, 0.25) is 5.91 Å². The summed E-state index contributed by atoms with van der Waals surface area (Å²) in [5, 5.41) is 18.7. The zero-order chi connectivity index (χ0) is 17.5. The molecule has 1 heterocycles. The minimum atomic E-state index is -1.02. The molecule has 0 saturated carbocycles. The second-order valence-electron chi connectivity index (χ2n) is 5.44. The monoisotopic (exact) mass is 349 g/mol. The van der Waals surface area contributed by atoms with E-state index < -0.39 is 11.2 Å². The van der Waals surface area contributed by atoms with Crippen LogP contribution in [-0.2, 0) is 20.9 Å². The molecule has 24 heavy (non-hydrogen) atoms. The van der Waals surface area contributed by atoms with Gasteiger partial charge in [-0.25, -0.2) is 0 Å². The van der Waals surface area contributed by atoms with Crippen molar-refractivity contribution in [2.75, 3.05) is 0 Å². The summed E-state index contributed by atoms with van der Waals surface area (Å²) in [4.78, 5) is 22.2. The molecule has 1 atom stereocenters. The van der Waals surface area contributed by atoms with Gasteiger partial charge in [0.05, 0.1) is 25.3 Å². The van der Waals surface area contributed by atoms with Crippen LogP contribution < -0.4 is 5.32 Å². The minimum absolute atomic E-state index is 0.186. The van der Waals surface area contributed by atoms with Crippen LogP contribution in [0.4, 0.5) is 0 Å². The van der Waals surface area contributed by atoms with Crippen molar-refractivity contribution in [1.82, 2.24) is 5.32 Å². The van der Waals surface area contributed by atoms with E-state index in [2.05, 4.69) is 15.5 Å². The highest BCUT2D eigenvalue weighted by molar-refractivity contribution is 8.15. The van der Waals surface area contributed by atoms with E-state index in [1.165, 1.54) is 0 Å². The van der Waals surface area contributed by atoms with Crippen LogP contribution in [0.3, 0.4) is 0 Å². The Kier molecular flexibility index (Phi) is 6.51. The van der Waals surface area contributed by atoms with Crippen LogP contribution in [0.5, 0.6) is 0 Å². The van der Waals surface area contributed by atoms with Crippen molar-refractivity contribution < 1.29 is 19.4 Å². The normalized spacial score (nSPS) is 19.4. The van der Waals surface area contributed by atoms with Crippen molar-refractivity contribution >= 4 is 35.0 Å². The number of thioether (sulfide) groups is 1. The number of ether oxygens (including phenoxy) is 1. The zero-order valence-electron chi connectivity index (χ0n) is 13.4. The van der Waals surface area contributed by atoms with Crippen LogP contribution in [0, 0.1) is 0 Å². The Balaban J connectivity index is 1.89. The highest BCUT2D eigenvalue weighted by Crippen LogP contribution is 2.22. The van der Waals surface area contributed by atoms with Gasteiger partial charge in [-0.05, 0) is 25.0 Å².